The van der Waals surface area contributed by atoms with Crippen LogP contribution in [-0.2, 0) is 14.3 Å². The summed E-state index contributed by atoms with van der Waals surface area (Å²) >= 11 is 0. The van der Waals surface area contributed by atoms with Gasteiger partial charge in [0, 0.05) is 0 Å². The molecule has 0 fully saturated rings. The minimum absolute atomic E-state index is 0.336. The number of hydrogen-bond acceptors (Lipinski definition) is 6. The third-order valence-corrected chi connectivity index (χ3v) is 3.62. The molecule has 7 nitrogen and oxygen atoms in total. The van der Waals surface area contributed by atoms with E-state index in [0.717, 1.165) is 0 Å². The molecule has 2 aromatic rings. The number of benzene rings is 2. The highest BCUT2D eigenvalue weighted by molar-refractivity contribution is 5.96. The molecule has 0 saturated heterocycles. The molecular weight excluding hydrogens is 362 g/mol. The monoisotopic (exact) mass is 387 g/mol. The van der Waals surface area contributed by atoms with Crippen LogP contribution in [0.3, 0.4) is 0 Å². The minimum Gasteiger partial charge on any atom is -0.492 e. The number of ether oxygens (including phenoxy) is 4. The first-order chi connectivity index (χ1) is 13.5. The van der Waals surface area contributed by atoms with Crippen LogP contribution in [0.2, 0.25) is 0 Å². The Morgan fingerprint density at radius 3 is 2.04 bits per heavy atom. The fourth-order valence-electron chi connectivity index (χ4n) is 2.35. The van der Waals surface area contributed by atoms with Crippen LogP contribution in [0, 0.1) is 0 Å². The van der Waals surface area contributed by atoms with Gasteiger partial charge in [-0.25, -0.2) is 4.79 Å². The normalized spacial score (nSPS) is 11.2. The number of nitrogens with one attached hydrogen (secondary N) is 1. The van der Waals surface area contributed by atoms with E-state index in [1.165, 1.54) is 6.92 Å². The topological polar surface area (TPSA) is 83.1 Å². The van der Waals surface area contributed by atoms with Crippen LogP contribution in [-0.4, -0.2) is 37.8 Å². The van der Waals surface area contributed by atoms with Crippen molar-refractivity contribution in [3.63, 3.8) is 0 Å². The van der Waals surface area contributed by atoms with E-state index in [2.05, 4.69) is 5.32 Å². The van der Waals surface area contributed by atoms with Crippen molar-refractivity contribution in [2.75, 3.05) is 25.1 Å². The van der Waals surface area contributed by atoms with Crippen molar-refractivity contribution >= 4 is 17.6 Å². The molecule has 0 spiro atoms. The summed E-state index contributed by atoms with van der Waals surface area (Å²) < 4.78 is 21.5. The molecule has 0 bridgehead atoms. The number of amides is 1. The van der Waals surface area contributed by atoms with Crippen molar-refractivity contribution in [3.05, 3.63) is 48.5 Å². The second-order valence-electron chi connectivity index (χ2n) is 5.72. The molecular formula is C21H25NO6. The van der Waals surface area contributed by atoms with Crippen LogP contribution in [0.15, 0.2) is 48.5 Å². The van der Waals surface area contributed by atoms with Gasteiger partial charge in [-0.15, -0.1) is 0 Å². The van der Waals surface area contributed by atoms with Crippen molar-refractivity contribution in [2.24, 2.45) is 0 Å². The van der Waals surface area contributed by atoms with E-state index in [1.807, 2.05) is 26.0 Å². The lowest BCUT2D eigenvalue weighted by Gasteiger charge is -2.16. The van der Waals surface area contributed by atoms with E-state index in [0.29, 0.717) is 36.1 Å². The molecule has 0 aliphatic rings. The number of rotatable bonds is 10. The van der Waals surface area contributed by atoms with Crippen LogP contribution in [0.5, 0.6) is 17.2 Å². The molecule has 1 amide bonds. The van der Waals surface area contributed by atoms with Crippen LogP contribution in [0.1, 0.15) is 20.8 Å². The number of anilines is 1. The summed E-state index contributed by atoms with van der Waals surface area (Å²) in [6.45, 7) is 5.81. The first-order valence-electron chi connectivity index (χ1n) is 9.11. The lowest BCUT2D eigenvalue weighted by Crippen LogP contribution is -2.31. The first-order valence-corrected chi connectivity index (χ1v) is 9.11. The van der Waals surface area contributed by atoms with Crippen molar-refractivity contribution in [1.29, 1.82) is 0 Å². The van der Waals surface area contributed by atoms with Crippen LogP contribution < -0.4 is 19.5 Å². The summed E-state index contributed by atoms with van der Waals surface area (Å²) in [5.41, 5.74) is 0.513. The Balaban J connectivity index is 1.87. The molecule has 0 aliphatic heterocycles. The van der Waals surface area contributed by atoms with E-state index in [4.69, 9.17) is 18.9 Å². The van der Waals surface area contributed by atoms with Crippen LogP contribution in [0.25, 0.3) is 0 Å². The van der Waals surface area contributed by atoms with E-state index < -0.39 is 18.0 Å². The maximum absolute atomic E-state index is 12.3. The molecule has 0 heterocycles. The number of carbonyl (C=O) groups excluding carboxylic acids is 2. The second kappa shape index (κ2) is 10.8. The summed E-state index contributed by atoms with van der Waals surface area (Å²) in [7, 11) is 0. The Kier molecular flexibility index (Phi) is 8.14. The molecule has 2 rings (SSSR count). The molecule has 150 valence electrons. The standard InChI is InChI=1S/C21H25NO6/c1-4-25-17-11-7-6-10-16(17)22-21(24)15(3)28-20(23)14-27-19-13-9-8-12-18(19)26-5-2/h6-13,15H,4-5,14H2,1-3H3,(H,22,24)/t15-/m1/s1. The van der Waals surface area contributed by atoms with Crippen LogP contribution >= 0.6 is 0 Å². The molecule has 28 heavy (non-hydrogen) atoms. The van der Waals surface area contributed by atoms with E-state index in [9.17, 15) is 9.59 Å². The van der Waals surface area contributed by atoms with Crippen molar-refractivity contribution in [2.45, 2.75) is 26.9 Å². The van der Waals surface area contributed by atoms with E-state index in [-0.39, 0.29) is 6.61 Å². The Morgan fingerprint density at radius 1 is 0.857 bits per heavy atom. The quantitative estimate of drug-likeness (QED) is 0.629. The molecule has 1 N–H and O–H groups in total. The zero-order valence-corrected chi connectivity index (χ0v) is 16.3. The predicted molar refractivity (Wildman–Crippen MR) is 105 cm³/mol. The summed E-state index contributed by atoms with van der Waals surface area (Å²) in [4.78, 5) is 24.3. The average molecular weight is 387 g/mol. The van der Waals surface area contributed by atoms with Gasteiger partial charge in [0.05, 0.1) is 18.9 Å². The third-order valence-electron chi connectivity index (χ3n) is 3.62. The molecule has 0 saturated carbocycles. The summed E-state index contributed by atoms with van der Waals surface area (Å²) in [6, 6.07) is 14.1. The lowest BCUT2D eigenvalue weighted by atomic mass is 10.2. The van der Waals surface area contributed by atoms with Crippen molar-refractivity contribution in [3.8, 4) is 17.2 Å². The van der Waals surface area contributed by atoms with Crippen molar-refractivity contribution in [1.82, 2.24) is 0 Å². The smallest absolute Gasteiger partial charge is 0.344 e. The van der Waals surface area contributed by atoms with E-state index in [1.54, 1.807) is 36.4 Å². The minimum atomic E-state index is -0.993. The van der Waals surface area contributed by atoms with Crippen LogP contribution in [0.4, 0.5) is 5.69 Å². The number of esters is 1. The van der Waals surface area contributed by atoms with Gasteiger partial charge in [0.1, 0.15) is 5.75 Å². The van der Waals surface area contributed by atoms with Gasteiger partial charge in [0.2, 0.25) is 0 Å². The molecule has 2 aromatic carbocycles. The Labute approximate surface area is 164 Å². The summed E-state index contributed by atoms with van der Waals surface area (Å²) in [5.74, 6) is 0.398. The fourth-order valence-corrected chi connectivity index (χ4v) is 2.35. The highest BCUT2D eigenvalue weighted by Crippen LogP contribution is 2.26. The van der Waals surface area contributed by atoms with Gasteiger partial charge in [0.25, 0.3) is 5.91 Å². The molecule has 1 atom stereocenters. The third kappa shape index (κ3) is 6.19. The zero-order valence-electron chi connectivity index (χ0n) is 16.3. The Morgan fingerprint density at radius 2 is 1.39 bits per heavy atom. The van der Waals surface area contributed by atoms with Gasteiger partial charge in [-0.1, -0.05) is 24.3 Å². The SMILES string of the molecule is CCOc1ccccc1NC(=O)[C@@H](C)OC(=O)COc1ccccc1OCC. The van der Waals surface area contributed by atoms with Gasteiger partial charge < -0.3 is 24.3 Å². The Bertz CT molecular complexity index is 792. The zero-order chi connectivity index (χ0) is 20.4. The van der Waals surface area contributed by atoms with Gasteiger partial charge >= 0.3 is 5.97 Å². The molecule has 7 heteroatoms. The number of para-hydroxylation sites is 4. The average Bonchev–Trinajstić information content (AvgIpc) is 2.69. The Hall–Kier alpha value is -3.22. The largest absolute Gasteiger partial charge is 0.492 e. The molecule has 0 aliphatic carbocycles. The second-order valence-corrected chi connectivity index (χ2v) is 5.72. The summed E-state index contributed by atoms with van der Waals surface area (Å²) in [5, 5.41) is 2.70. The highest BCUT2D eigenvalue weighted by Gasteiger charge is 2.20. The number of hydrogen-bond donors (Lipinski definition) is 1. The van der Waals surface area contributed by atoms with Gasteiger partial charge in [-0.05, 0) is 45.0 Å². The highest BCUT2D eigenvalue weighted by atomic mass is 16.6. The maximum atomic E-state index is 12.3. The van der Waals surface area contributed by atoms with Gasteiger partial charge in [0.15, 0.2) is 24.2 Å². The van der Waals surface area contributed by atoms with E-state index >= 15 is 0 Å². The first kappa shape index (κ1) is 21.1. The lowest BCUT2D eigenvalue weighted by molar-refractivity contribution is -0.155. The fraction of sp³-hybridized carbons (Fsp3) is 0.333. The van der Waals surface area contributed by atoms with Gasteiger partial charge in [-0.3, -0.25) is 4.79 Å². The number of carbonyl (C=O) groups is 2. The predicted octanol–water partition coefficient (Wildman–Crippen LogP) is 3.43. The van der Waals surface area contributed by atoms with Crippen molar-refractivity contribution < 1.29 is 28.5 Å². The summed E-state index contributed by atoms with van der Waals surface area (Å²) in [6.07, 6.45) is -0.993. The molecule has 0 aromatic heterocycles. The molecule has 0 unspecified atom stereocenters. The molecule has 0 radical (unpaired) electrons. The maximum Gasteiger partial charge on any atom is 0.344 e. The van der Waals surface area contributed by atoms with Gasteiger partial charge in [-0.2, -0.15) is 0 Å².